The lowest BCUT2D eigenvalue weighted by Gasteiger charge is -2.31. The van der Waals surface area contributed by atoms with Crippen molar-refractivity contribution in [2.45, 2.75) is 64.8 Å². The van der Waals surface area contributed by atoms with Crippen molar-refractivity contribution in [3.05, 3.63) is 61.7 Å². The Balaban J connectivity index is 1.63. The molecule has 1 amide bonds. The van der Waals surface area contributed by atoms with Crippen LogP contribution < -0.4 is 10.9 Å². The van der Waals surface area contributed by atoms with E-state index in [0.29, 0.717) is 35.3 Å². The smallest absolute Gasteiger partial charge is 0.407 e. The first-order valence-electron chi connectivity index (χ1n) is 12.4. The van der Waals surface area contributed by atoms with Gasteiger partial charge in [0.25, 0.3) is 5.56 Å². The van der Waals surface area contributed by atoms with Gasteiger partial charge in [-0.3, -0.25) is 4.79 Å². The number of aromatic nitrogens is 2. The van der Waals surface area contributed by atoms with Gasteiger partial charge in [-0.05, 0) is 55.9 Å². The summed E-state index contributed by atoms with van der Waals surface area (Å²) in [5.41, 5.74) is 2.34. The third-order valence-electron chi connectivity index (χ3n) is 7.95. The minimum absolute atomic E-state index is 0.0321. The number of alkyl carbamates (subject to hydrolysis) is 1. The minimum Gasteiger partial charge on any atom is -0.458 e. The maximum absolute atomic E-state index is 14.9. The van der Waals surface area contributed by atoms with Gasteiger partial charge in [0.15, 0.2) is 5.60 Å². The number of carbonyl (C=O) groups excluding carboxylic acids is 2. The lowest BCUT2D eigenvalue weighted by Crippen LogP contribution is -2.44. The van der Waals surface area contributed by atoms with Gasteiger partial charge in [0.05, 0.1) is 41.7 Å². The zero-order chi connectivity index (χ0) is 26.2. The highest BCUT2D eigenvalue weighted by atomic mass is 19.1. The lowest BCUT2D eigenvalue weighted by molar-refractivity contribution is -0.172. The van der Waals surface area contributed by atoms with E-state index in [0.717, 1.165) is 22.1 Å². The van der Waals surface area contributed by atoms with E-state index >= 15 is 0 Å². The highest BCUT2D eigenvalue weighted by Crippen LogP contribution is 2.45. The van der Waals surface area contributed by atoms with Gasteiger partial charge >= 0.3 is 12.1 Å². The van der Waals surface area contributed by atoms with Crippen LogP contribution in [0.4, 0.5) is 9.18 Å². The molecular formula is C27H26FN3O6. The Bertz CT molecular complexity index is 1600. The Morgan fingerprint density at radius 1 is 1.30 bits per heavy atom. The molecule has 2 aromatic heterocycles. The van der Waals surface area contributed by atoms with Gasteiger partial charge in [-0.15, -0.1) is 0 Å². The molecule has 6 rings (SSSR count). The predicted octanol–water partition coefficient (Wildman–Crippen LogP) is 3.26. The van der Waals surface area contributed by atoms with Crippen molar-refractivity contribution in [3.63, 3.8) is 0 Å². The van der Waals surface area contributed by atoms with Crippen molar-refractivity contribution in [2.24, 2.45) is 0 Å². The summed E-state index contributed by atoms with van der Waals surface area (Å²) < 4.78 is 26.7. The third-order valence-corrected chi connectivity index (χ3v) is 7.95. The number of aliphatic hydroxyl groups is 1. The third kappa shape index (κ3) is 3.18. The number of hydrogen-bond acceptors (Lipinski definition) is 7. The number of cyclic esters (lactones) is 1. The Labute approximate surface area is 211 Å². The van der Waals surface area contributed by atoms with Gasteiger partial charge in [-0.25, -0.2) is 19.0 Å². The van der Waals surface area contributed by atoms with Crippen LogP contribution in [0.1, 0.15) is 66.1 Å². The first-order valence-corrected chi connectivity index (χ1v) is 12.4. The van der Waals surface area contributed by atoms with Crippen LogP contribution in [0.2, 0.25) is 0 Å². The van der Waals surface area contributed by atoms with E-state index in [2.05, 4.69) is 5.32 Å². The molecule has 0 saturated carbocycles. The number of rotatable bonds is 3. The van der Waals surface area contributed by atoms with Crippen molar-refractivity contribution < 1.29 is 28.6 Å². The molecule has 37 heavy (non-hydrogen) atoms. The normalized spacial score (nSPS) is 21.2. The largest absolute Gasteiger partial charge is 0.458 e. The molecule has 3 aromatic rings. The van der Waals surface area contributed by atoms with Crippen LogP contribution in [-0.2, 0) is 39.4 Å². The van der Waals surface area contributed by atoms with E-state index in [-0.39, 0.29) is 48.7 Å². The van der Waals surface area contributed by atoms with Crippen LogP contribution in [0.5, 0.6) is 0 Å². The summed E-state index contributed by atoms with van der Waals surface area (Å²) in [6, 6.07) is 2.58. The number of ether oxygens (including phenoxy) is 2. The number of halogens is 1. The average Bonchev–Trinajstić information content (AvgIpc) is 3.24. The Morgan fingerprint density at radius 3 is 2.81 bits per heavy atom. The molecule has 1 aliphatic carbocycles. The van der Waals surface area contributed by atoms with Crippen LogP contribution in [-0.4, -0.2) is 33.3 Å². The van der Waals surface area contributed by atoms with Gasteiger partial charge < -0.3 is 24.5 Å². The molecule has 0 spiro atoms. The van der Waals surface area contributed by atoms with E-state index in [1.165, 1.54) is 6.07 Å². The minimum atomic E-state index is -1.94. The predicted molar refractivity (Wildman–Crippen MR) is 130 cm³/mol. The van der Waals surface area contributed by atoms with E-state index in [4.69, 9.17) is 14.5 Å². The molecule has 2 N–H and O–H groups in total. The van der Waals surface area contributed by atoms with E-state index in [1.54, 1.807) is 31.4 Å². The molecule has 0 unspecified atom stereocenters. The fourth-order valence-corrected chi connectivity index (χ4v) is 6.01. The number of pyridine rings is 2. The first kappa shape index (κ1) is 23.6. The lowest BCUT2D eigenvalue weighted by atomic mass is 9.81. The van der Waals surface area contributed by atoms with Crippen LogP contribution >= 0.6 is 0 Å². The van der Waals surface area contributed by atoms with Crippen molar-refractivity contribution in [2.75, 3.05) is 6.61 Å². The molecule has 1 aromatic carbocycles. The number of esters is 1. The molecule has 3 aliphatic rings. The molecule has 0 bridgehead atoms. The van der Waals surface area contributed by atoms with Crippen molar-refractivity contribution in [1.82, 2.24) is 14.9 Å². The number of amides is 1. The van der Waals surface area contributed by atoms with E-state index < -0.39 is 23.7 Å². The van der Waals surface area contributed by atoms with Gasteiger partial charge in [0, 0.05) is 22.6 Å². The van der Waals surface area contributed by atoms with Gasteiger partial charge in [-0.2, -0.15) is 0 Å². The van der Waals surface area contributed by atoms with E-state index in [9.17, 15) is 23.9 Å². The van der Waals surface area contributed by atoms with Crippen molar-refractivity contribution in [3.8, 4) is 11.4 Å². The quantitative estimate of drug-likeness (QED) is 0.409. The number of hydrogen-bond donors (Lipinski definition) is 2. The molecule has 9 nitrogen and oxygen atoms in total. The zero-order valence-electron chi connectivity index (χ0n) is 20.7. The Hall–Kier alpha value is -3.79. The molecule has 4 heterocycles. The highest BCUT2D eigenvalue weighted by molar-refractivity contribution is 5.93. The summed E-state index contributed by atoms with van der Waals surface area (Å²) in [7, 11) is 0. The summed E-state index contributed by atoms with van der Waals surface area (Å²) >= 11 is 0. The summed E-state index contributed by atoms with van der Waals surface area (Å²) in [4.78, 5) is 43.3. The molecule has 192 valence electrons. The topological polar surface area (TPSA) is 120 Å². The monoisotopic (exact) mass is 507 g/mol. The van der Waals surface area contributed by atoms with Gasteiger partial charge in [0.1, 0.15) is 12.4 Å². The number of carbonyl (C=O) groups is 2. The van der Waals surface area contributed by atoms with Crippen LogP contribution in [0.15, 0.2) is 16.9 Å². The summed E-state index contributed by atoms with van der Waals surface area (Å²) in [5, 5.41) is 14.8. The fraction of sp³-hybridized carbons (Fsp3) is 0.407. The molecule has 0 fully saturated rings. The number of nitrogens with zero attached hydrogens (tertiary/aromatic N) is 2. The maximum atomic E-state index is 14.9. The molecule has 2 atom stereocenters. The molecular weight excluding hydrogens is 481 g/mol. The van der Waals surface area contributed by atoms with Crippen molar-refractivity contribution >= 4 is 23.0 Å². The summed E-state index contributed by atoms with van der Waals surface area (Å²) in [5.74, 6) is -1.17. The zero-order valence-corrected chi connectivity index (χ0v) is 20.7. The van der Waals surface area contributed by atoms with Crippen LogP contribution in [0.3, 0.4) is 0 Å². The van der Waals surface area contributed by atoms with Crippen LogP contribution in [0, 0.1) is 12.7 Å². The highest BCUT2D eigenvalue weighted by Gasteiger charge is 2.46. The molecule has 2 aliphatic heterocycles. The molecule has 10 heteroatoms. The Kier molecular flexibility index (Phi) is 5.17. The summed E-state index contributed by atoms with van der Waals surface area (Å²) in [6.07, 6.45) is 0.556. The number of nitrogens with one attached hydrogen (secondary N) is 1. The second-order valence-corrected chi connectivity index (χ2v) is 9.77. The van der Waals surface area contributed by atoms with E-state index in [1.807, 2.05) is 0 Å². The SMILES string of the molecule is CCOC(=O)N[C@H]1CCc2c(C)c(F)cc3nc4c(c1c23)Cn1c-4cc2c(c1=O)COC(=O)[C@]2(O)CC. The second-order valence-electron chi connectivity index (χ2n) is 9.77. The van der Waals surface area contributed by atoms with Gasteiger partial charge in [0.2, 0.25) is 0 Å². The standard InChI is InChI=1S/C27H26FN3O6/c1-4-27(35)16-8-20-23-14(10-31(20)24(32)15(16)11-37-25(27)33)22-18(30-26(34)36-5-2)7-6-13-12(3)17(28)9-19(29-23)21(13)22/h8-9,18,35H,4-7,10-11H2,1-3H3,(H,30,34)/t18-,27-/m0/s1. The molecule has 0 saturated heterocycles. The van der Waals surface area contributed by atoms with Crippen LogP contribution in [0.25, 0.3) is 22.3 Å². The fourth-order valence-electron chi connectivity index (χ4n) is 6.01. The van der Waals surface area contributed by atoms with Gasteiger partial charge in [-0.1, -0.05) is 6.92 Å². The number of aryl methyl sites for hydroxylation is 1. The summed E-state index contributed by atoms with van der Waals surface area (Å²) in [6.45, 7) is 5.28. The Morgan fingerprint density at radius 2 is 2.08 bits per heavy atom. The number of benzene rings is 1. The number of fused-ring (bicyclic) bond motifs is 5. The average molecular weight is 508 g/mol. The maximum Gasteiger partial charge on any atom is 0.407 e. The second kappa shape index (κ2) is 8.11. The first-order chi connectivity index (χ1) is 17.7. The molecule has 0 radical (unpaired) electrons. The van der Waals surface area contributed by atoms with Crippen molar-refractivity contribution in [1.29, 1.82) is 0 Å².